The van der Waals surface area contributed by atoms with E-state index in [1.807, 2.05) is 43.3 Å². The second-order valence-electron chi connectivity index (χ2n) is 8.50. The van der Waals surface area contributed by atoms with Crippen molar-refractivity contribution in [1.29, 1.82) is 0 Å². The van der Waals surface area contributed by atoms with E-state index >= 15 is 0 Å². The summed E-state index contributed by atoms with van der Waals surface area (Å²) in [6.07, 6.45) is 2.45. The Balaban J connectivity index is 0.00000342. The van der Waals surface area contributed by atoms with E-state index in [0.717, 1.165) is 29.7 Å². The van der Waals surface area contributed by atoms with Crippen molar-refractivity contribution in [3.8, 4) is 0 Å². The molecule has 1 aliphatic heterocycles. The van der Waals surface area contributed by atoms with Crippen LogP contribution in [0.5, 0.6) is 0 Å². The zero-order valence-corrected chi connectivity index (χ0v) is 19.2. The smallest absolute Gasteiger partial charge is 0.251 e. The van der Waals surface area contributed by atoms with Gasteiger partial charge in [-0.25, -0.2) is 4.39 Å². The molecule has 35 heavy (non-hydrogen) atoms. The Kier molecular flexibility index (Phi) is 8.60. The molecule has 4 rings (SSSR count). The first kappa shape index (κ1) is 25.9. The van der Waals surface area contributed by atoms with Gasteiger partial charge in [-0.1, -0.05) is 37.8 Å². The largest absolute Gasteiger partial charge is 0.370 e. The maximum absolute atomic E-state index is 14.7. The number of carbonyl (C=O) groups is 2. The highest BCUT2D eigenvalue weighted by Crippen LogP contribution is 2.29. The zero-order chi connectivity index (χ0) is 24.1. The summed E-state index contributed by atoms with van der Waals surface area (Å²) in [5, 5.41) is 6.06. The molecule has 184 valence electrons. The summed E-state index contributed by atoms with van der Waals surface area (Å²) in [6.45, 7) is 2.97. The monoisotopic (exact) mass is 476 g/mol. The quantitative estimate of drug-likeness (QED) is 0.418. The van der Waals surface area contributed by atoms with Crippen LogP contribution in [0.4, 0.5) is 21.5 Å². The van der Waals surface area contributed by atoms with Gasteiger partial charge in [-0.15, -0.1) is 0 Å². The number of benzene rings is 3. The van der Waals surface area contributed by atoms with E-state index in [2.05, 4.69) is 10.6 Å². The first-order valence-electron chi connectivity index (χ1n) is 11.5. The van der Waals surface area contributed by atoms with Crippen LogP contribution in [-0.4, -0.2) is 18.4 Å². The van der Waals surface area contributed by atoms with Crippen LogP contribution in [-0.2, 0) is 16.1 Å². The van der Waals surface area contributed by atoms with E-state index in [9.17, 15) is 14.0 Å². The highest BCUT2D eigenvalue weighted by Gasteiger charge is 2.25. The zero-order valence-electron chi connectivity index (χ0n) is 19.2. The molecule has 4 N–H and O–H groups in total. The van der Waals surface area contributed by atoms with E-state index in [1.165, 1.54) is 6.07 Å². The Morgan fingerprint density at radius 2 is 1.86 bits per heavy atom. The molecule has 2 amide bonds. The number of rotatable bonds is 7. The van der Waals surface area contributed by atoms with E-state index < -0.39 is 17.8 Å². The van der Waals surface area contributed by atoms with Gasteiger partial charge in [0.2, 0.25) is 5.91 Å². The number of amides is 2. The minimum absolute atomic E-state index is 0. The van der Waals surface area contributed by atoms with Crippen molar-refractivity contribution in [2.45, 2.75) is 46.2 Å². The normalized spacial score (nSPS) is 14.1. The van der Waals surface area contributed by atoms with E-state index in [-0.39, 0.29) is 18.9 Å². The predicted molar refractivity (Wildman–Crippen MR) is 140 cm³/mol. The molecule has 6 nitrogen and oxygen atoms in total. The van der Waals surface area contributed by atoms with Crippen LogP contribution in [0.3, 0.4) is 0 Å². The average Bonchev–Trinajstić information content (AvgIpc) is 2.84. The van der Waals surface area contributed by atoms with E-state index in [0.29, 0.717) is 30.9 Å². The number of hydrogen-bond acceptors (Lipinski definition) is 4. The molecule has 3 aromatic carbocycles. The van der Waals surface area contributed by atoms with Gasteiger partial charge in [0.1, 0.15) is 11.9 Å². The molecule has 0 aromatic heterocycles. The minimum Gasteiger partial charge on any atom is -0.370 e. The lowest BCUT2D eigenvalue weighted by molar-refractivity contribution is -0.119. The van der Waals surface area contributed by atoms with Crippen molar-refractivity contribution < 1.29 is 14.0 Å². The lowest BCUT2D eigenvalue weighted by Crippen LogP contribution is -2.35. The van der Waals surface area contributed by atoms with Gasteiger partial charge in [0.25, 0.3) is 5.91 Å². The molecule has 1 aliphatic rings. The van der Waals surface area contributed by atoms with Gasteiger partial charge in [-0.3, -0.25) is 9.59 Å². The third-order valence-corrected chi connectivity index (χ3v) is 6.03. The fourth-order valence-electron chi connectivity index (χ4n) is 4.26. The van der Waals surface area contributed by atoms with E-state index in [1.54, 1.807) is 29.2 Å². The Bertz CT molecular complexity index is 1200. The van der Waals surface area contributed by atoms with Crippen molar-refractivity contribution in [3.63, 3.8) is 0 Å². The first-order chi connectivity index (χ1) is 16.5. The maximum atomic E-state index is 14.7. The van der Waals surface area contributed by atoms with Crippen molar-refractivity contribution in [2.24, 2.45) is 5.73 Å². The molecule has 0 bridgehead atoms. The maximum Gasteiger partial charge on any atom is 0.251 e. The lowest BCUT2D eigenvalue weighted by atomic mass is 10.0. The number of piperidine rings is 1. The number of hydrogen-bond donors (Lipinski definition) is 3. The predicted octanol–water partition coefficient (Wildman–Crippen LogP) is 5.54. The lowest BCUT2D eigenvalue weighted by Gasteiger charge is -2.28. The topological polar surface area (TPSA) is 87.5 Å². The highest BCUT2D eigenvalue weighted by molar-refractivity contribution is 5.98. The fourth-order valence-corrected chi connectivity index (χ4v) is 4.26. The highest BCUT2D eigenvalue weighted by atomic mass is 19.1. The molecule has 1 heterocycles. The summed E-state index contributed by atoms with van der Waals surface area (Å²) in [5.41, 5.74) is 9.87. The number of nitrogens with two attached hydrogens (primary N) is 1. The third kappa shape index (κ3) is 6.05. The summed E-state index contributed by atoms with van der Waals surface area (Å²) >= 11 is 0. The Morgan fingerprint density at radius 1 is 1.06 bits per heavy atom. The van der Waals surface area contributed by atoms with Crippen LogP contribution in [0.2, 0.25) is 0 Å². The van der Waals surface area contributed by atoms with Gasteiger partial charge in [-0.2, -0.15) is 0 Å². The Labute approximate surface area is 206 Å². The number of carbonyl (C=O) groups excluding carboxylic acids is 2. The van der Waals surface area contributed by atoms with Gasteiger partial charge in [0.05, 0.1) is 0 Å². The number of nitrogens with zero attached hydrogens (tertiary/aromatic N) is 1. The molecule has 1 fully saturated rings. The number of nitrogens with one attached hydrogen (secondary N) is 2. The molecule has 0 saturated carbocycles. The second-order valence-corrected chi connectivity index (χ2v) is 8.50. The summed E-state index contributed by atoms with van der Waals surface area (Å²) in [4.78, 5) is 27.5. The Morgan fingerprint density at radius 3 is 2.57 bits per heavy atom. The summed E-state index contributed by atoms with van der Waals surface area (Å²) < 4.78 is 14.7. The molecule has 1 saturated heterocycles. The number of anilines is 3. The van der Waals surface area contributed by atoms with Crippen LogP contribution in [0.15, 0.2) is 66.7 Å². The molecule has 1 unspecified atom stereocenters. The minimum atomic E-state index is -0.960. The van der Waals surface area contributed by atoms with Gasteiger partial charge < -0.3 is 21.3 Å². The summed E-state index contributed by atoms with van der Waals surface area (Å²) in [7, 11) is 0. The molecule has 3 aromatic rings. The molecule has 0 radical (unpaired) electrons. The standard InChI is InChI=1S/C27H29FN4O2.CH4/c1-18-15-21(12-13-24(18)32-14-5-4-11-25(32)33)31-27(34)26(22-9-2-3-10-23(22)28)30-20-8-6-7-19(16-20)17-29;/h2-3,6-10,12-13,15-16,26,30H,4-5,11,14,17,29H2,1H3,(H,31,34);1H4. The van der Waals surface area contributed by atoms with Gasteiger partial charge >= 0.3 is 0 Å². The number of aryl methyl sites for hydroxylation is 1. The molecule has 1 atom stereocenters. The summed E-state index contributed by atoms with van der Waals surface area (Å²) in [6, 6.07) is 18.1. The van der Waals surface area contributed by atoms with Crippen LogP contribution in [0, 0.1) is 12.7 Å². The Hall–Kier alpha value is -3.71. The van der Waals surface area contributed by atoms with Crippen molar-refractivity contribution >= 4 is 28.9 Å². The van der Waals surface area contributed by atoms with Gasteiger partial charge in [-0.05, 0) is 67.3 Å². The van der Waals surface area contributed by atoms with Crippen molar-refractivity contribution in [2.75, 3.05) is 22.1 Å². The molecular formula is C28H33FN4O2. The van der Waals surface area contributed by atoms with Crippen LogP contribution in [0.25, 0.3) is 0 Å². The first-order valence-corrected chi connectivity index (χ1v) is 11.5. The average molecular weight is 477 g/mol. The van der Waals surface area contributed by atoms with E-state index in [4.69, 9.17) is 5.73 Å². The second kappa shape index (κ2) is 11.6. The van der Waals surface area contributed by atoms with Crippen LogP contribution < -0.4 is 21.3 Å². The molecule has 7 heteroatoms. The fraction of sp³-hybridized carbons (Fsp3) is 0.286. The SMILES string of the molecule is C.Cc1cc(NC(=O)C(Nc2cccc(CN)c2)c2ccccc2F)ccc1N1CCCCC1=O. The van der Waals surface area contributed by atoms with Crippen LogP contribution >= 0.6 is 0 Å². The van der Waals surface area contributed by atoms with Gasteiger partial charge in [0.15, 0.2) is 0 Å². The number of halogens is 1. The molecular weight excluding hydrogens is 443 g/mol. The molecule has 0 spiro atoms. The molecule has 0 aliphatic carbocycles. The van der Waals surface area contributed by atoms with Crippen molar-refractivity contribution in [3.05, 3.63) is 89.2 Å². The van der Waals surface area contributed by atoms with Gasteiger partial charge in [0, 0.05) is 42.1 Å². The van der Waals surface area contributed by atoms with Crippen LogP contribution in [0.1, 0.15) is 49.4 Å². The van der Waals surface area contributed by atoms with Crippen molar-refractivity contribution in [1.82, 2.24) is 0 Å². The summed E-state index contributed by atoms with van der Waals surface area (Å²) in [5.74, 6) is -0.751. The third-order valence-electron chi connectivity index (χ3n) is 6.03.